The number of aryl methyl sites for hydroxylation is 1. The predicted molar refractivity (Wildman–Crippen MR) is 101 cm³/mol. The Bertz CT molecular complexity index is 691. The molecule has 0 radical (unpaired) electrons. The Balaban J connectivity index is 1.54. The van der Waals surface area contributed by atoms with Crippen LogP contribution >= 0.6 is 11.3 Å². The molecule has 5 nitrogen and oxygen atoms in total. The summed E-state index contributed by atoms with van der Waals surface area (Å²) in [6.07, 6.45) is 1.63. The molecule has 24 heavy (non-hydrogen) atoms. The van der Waals surface area contributed by atoms with Crippen LogP contribution in [0.2, 0.25) is 0 Å². The van der Waals surface area contributed by atoms with Crippen molar-refractivity contribution in [2.45, 2.75) is 26.7 Å². The zero-order valence-corrected chi connectivity index (χ0v) is 15.4. The molecule has 1 amide bonds. The highest BCUT2D eigenvalue weighted by atomic mass is 32.1. The average Bonchev–Trinajstić information content (AvgIpc) is 3.05. The van der Waals surface area contributed by atoms with Gasteiger partial charge in [0.1, 0.15) is 0 Å². The average molecular weight is 347 g/mol. The van der Waals surface area contributed by atoms with E-state index in [1.807, 2.05) is 6.92 Å². The van der Waals surface area contributed by atoms with E-state index >= 15 is 0 Å². The second kappa shape index (κ2) is 7.94. The van der Waals surface area contributed by atoms with Gasteiger partial charge >= 0.3 is 0 Å². The quantitative estimate of drug-likeness (QED) is 0.873. The van der Waals surface area contributed by atoms with E-state index in [9.17, 15) is 4.79 Å². The van der Waals surface area contributed by atoms with Crippen molar-refractivity contribution in [1.82, 2.24) is 15.2 Å². The molecule has 1 aromatic heterocycles. The van der Waals surface area contributed by atoms with Crippen molar-refractivity contribution >= 4 is 32.6 Å². The van der Waals surface area contributed by atoms with Gasteiger partial charge in [0.25, 0.3) is 0 Å². The molecule has 1 aliphatic rings. The number of hydrogen-bond donors (Lipinski definition) is 1. The molecule has 0 bridgehead atoms. The number of fused-ring (bicyclic) bond motifs is 1. The summed E-state index contributed by atoms with van der Waals surface area (Å²) in [7, 11) is 0. The van der Waals surface area contributed by atoms with Crippen molar-refractivity contribution in [3.8, 4) is 0 Å². The molecule has 6 heteroatoms. The predicted octanol–water partition coefficient (Wildman–Crippen LogP) is 2.51. The molecular formula is C18H26N4OS. The Morgan fingerprint density at radius 3 is 2.75 bits per heavy atom. The van der Waals surface area contributed by atoms with Crippen molar-refractivity contribution in [3.63, 3.8) is 0 Å². The molecule has 0 saturated carbocycles. The maximum atomic E-state index is 11.3. The van der Waals surface area contributed by atoms with Gasteiger partial charge in [-0.05, 0) is 24.1 Å². The fourth-order valence-electron chi connectivity index (χ4n) is 2.95. The third-order valence-electron chi connectivity index (χ3n) is 4.56. The summed E-state index contributed by atoms with van der Waals surface area (Å²) in [6.45, 7) is 9.80. The van der Waals surface area contributed by atoms with Crippen molar-refractivity contribution in [2.75, 3.05) is 44.2 Å². The normalized spacial score (nSPS) is 15.8. The number of benzene rings is 1. The zero-order valence-electron chi connectivity index (χ0n) is 14.5. The summed E-state index contributed by atoms with van der Waals surface area (Å²) in [5.74, 6) is 0.134. The summed E-state index contributed by atoms with van der Waals surface area (Å²) in [5.41, 5.74) is 2.48. The van der Waals surface area contributed by atoms with Crippen LogP contribution in [0.5, 0.6) is 0 Å². The minimum Gasteiger partial charge on any atom is -0.355 e. The first-order valence-electron chi connectivity index (χ1n) is 8.83. The van der Waals surface area contributed by atoms with Gasteiger partial charge in [-0.25, -0.2) is 4.98 Å². The number of rotatable bonds is 6. The van der Waals surface area contributed by atoms with Crippen molar-refractivity contribution < 1.29 is 4.79 Å². The Morgan fingerprint density at radius 2 is 2.04 bits per heavy atom. The summed E-state index contributed by atoms with van der Waals surface area (Å²) in [4.78, 5) is 20.9. The SMILES string of the molecule is CCC(=O)NCCN1CCN(c2nc3ccc(CC)cc3s2)CC1. The van der Waals surface area contributed by atoms with Gasteiger partial charge in [-0.15, -0.1) is 0 Å². The lowest BCUT2D eigenvalue weighted by atomic mass is 10.2. The van der Waals surface area contributed by atoms with Crippen molar-refractivity contribution in [2.24, 2.45) is 0 Å². The van der Waals surface area contributed by atoms with Gasteiger partial charge in [-0.3, -0.25) is 9.69 Å². The first-order chi connectivity index (χ1) is 11.7. The summed E-state index contributed by atoms with van der Waals surface area (Å²) in [5, 5.41) is 4.08. The maximum Gasteiger partial charge on any atom is 0.219 e. The van der Waals surface area contributed by atoms with Crippen LogP contribution in [0.15, 0.2) is 18.2 Å². The number of piperazine rings is 1. The monoisotopic (exact) mass is 346 g/mol. The van der Waals surface area contributed by atoms with Crippen LogP contribution in [0.1, 0.15) is 25.8 Å². The van der Waals surface area contributed by atoms with Gasteiger partial charge in [-0.1, -0.05) is 31.3 Å². The largest absolute Gasteiger partial charge is 0.355 e. The van der Waals surface area contributed by atoms with Gasteiger partial charge in [0.15, 0.2) is 5.13 Å². The molecule has 3 rings (SSSR count). The number of aromatic nitrogens is 1. The maximum absolute atomic E-state index is 11.3. The number of anilines is 1. The third kappa shape index (κ3) is 4.05. The van der Waals surface area contributed by atoms with Gasteiger partial charge in [-0.2, -0.15) is 0 Å². The van der Waals surface area contributed by atoms with Gasteiger partial charge < -0.3 is 10.2 Å². The standard InChI is InChI=1S/C18H26N4OS/c1-3-14-5-6-15-16(13-14)24-18(20-15)22-11-9-21(10-12-22)8-7-19-17(23)4-2/h5-6,13H,3-4,7-12H2,1-2H3,(H,19,23). The smallest absolute Gasteiger partial charge is 0.219 e. The Hall–Kier alpha value is -1.66. The van der Waals surface area contributed by atoms with Crippen LogP contribution in [-0.4, -0.2) is 55.1 Å². The van der Waals surface area contributed by atoms with Crippen LogP contribution in [-0.2, 0) is 11.2 Å². The van der Waals surface area contributed by atoms with Crippen molar-refractivity contribution in [3.05, 3.63) is 23.8 Å². The van der Waals surface area contributed by atoms with E-state index < -0.39 is 0 Å². The lowest BCUT2D eigenvalue weighted by molar-refractivity contribution is -0.120. The molecule has 1 aromatic carbocycles. The summed E-state index contributed by atoms with van der Waals surface area (Å²) >= 11 is 1.80. The van der Waals surface area contributed by atoms with Gasteiger partial charge in [0.05, 0.1) is 10.2 Å². The van der Waals surface area contributed by atoms with E-state index in [0.717, 1.165) is 56.3 Å². The van der Waals surface area contributed by atoms with Crippen LogP contribution in [0.4, 0.5) is 5.13 Å². The second-order valence-corrected chi connectivity index (χ2v) is 7.19. The molecule has 1 aliphatic heterocycles. The Kier molecular flexibility index (Phi) is 5.68. The van der Waals surface area contributed by atoms with Crippen LogP contribution < -0.4 is 10.2 Å². The molecule has 0 atom stereocenters. The number of carbonyl (C=O) groups excluding carboxylic acids is 1. The fraction of sp³-hybridized carbons (Fsp3) is 0.556. The van der Waals surface area contributed by atoms with E-state index in [4.69, 9.17) is 4.98 Å². The molecule has 0 spiro atoms. The summed E-state index contributed by atoms with van der Waals surface area (Å²) in [6, 6.07) is 6.58. The van der Waals surface area contributed by atoms with Gasteiger partial charge in [0.2, 0.25) is 5.91 Å². The molecule has 1 saturated heterocycles. The minimum atomic E-state index is 0.134. The minimum absolute atomic E-state index is 0.134. The number of amides is 1. The molecule has 1 fully saturated rings. The molecule has 1 N–H and O–H groups in total. The molecule has 0 unspecified atom stereocenters. The Morgan fingerprint density at radius 1 is 1.25 bits per heavy atom. The highest BCUT2D eigenvalue weighted by Gasteiger charge is 2.19. The van der Waals surface area contributed by atoms with E-state index in [1.165, 1.54) is 10.3 Å². The molecule has 2 aromatic rings. The van der Waals surface area contributed by atoms with Crippen LogP contribution in [0.3, 0.4) is 0 Å². The van der Waals surface area contributed by atoms with Crippen LogP contribution in [0.25, 0.3) is 10.2 Å². The van der Waals surface area contributed by atoms with Gasteiger partial charge in [0, 0.05) is 45.7 Å². The topological polar surface area (TPSA) is 48.5 Å². The highest BCUT2D eigenvalue weighted by Crippen LogP contribution is 2.30. The molecule has 130 valence electrons. The van der Waals surface area contributed by atoms with Crippen LogP contribution in [0, 0.1) is 0 Å². The number of thiazole rings is 1. The van der Waals surface area contributed by atoms with E-state index in [1.54, 1.807) is 11.3 Å². The summed E-state index contributed by atoms with van der Waals surface area (Å²) < 4.78 is 1.29. The second-order valence-electron chi connectivity index (χ2n) is 6.18. The van der Waals surface area contributed by atoms with E-state index in [0.29, 0.717) is 6.42 Å². The first kappa shape index (κ1) is 17.2. The lowest BCUT2D eigenvalue weighted by Gasteiger charge is -2.34. The zero-order chi connectivity index (χ0) is 16.9. The molecular weight excluding hydrogens is 320 g/mol. The van der Waals surface area contributed by atoms with E-state index in [2.05, 4.69) is 40.2 Å². The number of carbonyl (C=O) groups is 1. The fourth-order valence-corrected chi connectivity index (χ4v) is 4.03. The highest BCUT2D eigenvalue weighted by molar-refractivity contribution is 7.22. The number of nitrogens with one attached hydrogen (secondary N) is 1. The molecule has 0 aliphatic carbocycles. The number of hydrogen-bond acceptors (Lipinski definition) is 5. The third-order valence-corrected chi connectivity index (χ3v) is 5.64. The van der Waals surface area contributed by atoms with E-state index in [-0.39, 0.29) is 5.91 Å². The van der Waals surface area contributed by atoms with Crippen molar-refractivity contribution in [1.29, 1.82) is 0 Å². The lowest BCUT2D eigenvalue weighted by Crippen LogP contribution is -2.48. The Labute approximate surface area is 147 Å². The molecule has 2 heterocycles. The number of nitrogens with zero attached hydrogens (tertiary/aromatic N) is 3. The first-order valence-corrected chi connectivity index (χ1v) is 9.64.